The zero-order valence-electron chi connectivity index (χ0n) is 12.2. The van der Waals surface area contributed by atoms with Crippen LogP contribution in [0.25, 0.3) is 0 Å². The first kappa shape index (κ1) is 15.8. The molecule has 0 aromatic heterocycles. The van der Waals surface area contributed by atoms with Crippen LogP contribution in [0.15, 0.2) is 30.3 Å². The Kier molecular flexibility index (Phi) is 5.22. The van der Waals surface area contributed by atoms with Crippen molar-refractivity contribution in [3.05, 3.63) is 30.3 Å². The van der Waals surface area contributed by atoms with Gasteiger partial charge >= 0.3 is 0 Å². The highest BCUT2D eigenvalue weighted by molar-refractivity contribution is 7.91. The fraction of sp³-hybridized carbons (Fsp3) is 0.533. The third-order valence-electron chi connectivity index (χ3n) is 3.70. The number of carbonyl (C=O) groups excluding carboxylic acids is 1. The Bertz CT molecular complexity index is 571. The number of sulfone groups is 1. The number of hydrogen-bond donors (Lipinski definition) is 0. The fourth-order valence-corrected chi connectivity index (χ4v) is 4.17. The van der Waals surface area contributed by atoms with E-state index in [0.717, 1.165) is 5.75 Å². The van der Waals surface area contributed by atoms with Crippen LogP contribution in [0.4, 0.5) is 0 Å². The Labute approximate surface area is 125 Å². The molecule has 1 amide bonds. The molecule has 1 unspecified atom stereocenters. The van der Waals surface area contributed by atoms with E-state index in [1.54, 1.807) is 11.9 Å². The van der Waals surface area contributed by atoms with Gasteiger partial charge in [-0.15, -0.1) is 0 Å². The first-order valence-corrected chi connectivity index (χ1v) is 8.94. The van der Waals surface area contributed by atoms with Gasteiger partial charge in [-0.1, -0.05) is 18.2 Å². The van der Waals surface area contributed by atoms with Gasteiger partial charge in [-0.05, 0) is 25.0 Å². The maximum Gasteiger partial charge on any atom is 0.222 e. The average Bonchev–Trinajstić information content (AvgIpc) is 2.84. The molecule has 1 heterocycles. The van der Waals surface area contributed by atoms with Crippen molar-refractivity contribution in [3.63, 3.8) is 0 Å². The summed E-state index contributed by atoms with van der Waals surface area (Å²) < 4.78 is 28.4. The summed E-state index contributed by atoms with van der Waals surface area (Å²) in [7, 11) is -1.27. The summed E-state index contributed by atoms with van der Waals surface area (Å²) in [5, 5.41) is 0. The van der Waals surface area contributed by atoms with Crippen LogP contribution in [-0.4, -0.2) is 50.4 Å². The molecule has 116 valence electrons. The summed E-state index contributed by atoms with van der Waals surface area (Å²) in [6.45, 7) is 0.479. The molecule has 2 rings (SSSR count). The summed E-state index contributed by atoms with van der Waals surface area (Å²) >= 11 is 0. The highest BCUT2D eigenvalue weighted by atomic mass is 32.2. The molecule has 1 aliphatic heterocycles. The van der Waals surface area contributed by atoms with Crippen LogP contribution >= 0.6 is 0 Å². The zero-order valence-corrected chi connectivity index (χ0v) is 13.0. The summed E-state index contributed by atoms with van der Waals surface area (Å²) in [6.07, 6.45) is 1.54. The monoisotopic (exact) mass is 311 g/mol. The maximum atomic E-state index is 12.0. The SMILES string of the molecule is CN(C(=O)CCCOc1ccccc1)C1CCS(=O)(=O)C1. The summed E-state index contributed by atoms with van der Waals surface area (Å²) in [5.74, 6) is 1.05. The van der Waals surface area contributed by atoms with Crippen molar-refractivity contribution < 1.29 is 17.9 Å². The van der Waals surface area contributed by atoms with Crippen molar-refractivity contribution in [2.75, 3.05) is 25.2 Å². The van der Waals surface area contributed by atoms with Crippen LogP contribution in [0.2, 0.25) is 0 Å². The second-order valence-corrected chi connectivity index (χ2v) is 7.56. The highest BCUT2D eigenvalue weighted by Gasteiger charge is 2.32. The van der Waals surface area contributed by atoms with Gasteiger partial charge in [0.25, 0.3) is 0 Å². The Morgan fingerprint density at radius 1 is 1.33 bits per heavy atom. The van der Waals surface area contributed by atoms with E-state index >= 15 is 0 Å². The molecule has 0 bridgehead atoms. The van der Waals surface area contributed by atoms with Gasteiger partial charge in [0.2, 0.25) is 5.91 Å². The van der Waals surface area contributed by atoms with Crippen LogP contribution in [0.5, 0.6) is 5.75 Å². The minimum absolute atomic E-state index is 0.0197. The van der Waals surface area contributed by atoms with E-state index in [1.807, 2.05) is 30.3 Å². The van der Waals surface area contributed by atoms with Crippen LogP contribution in [0.3, 0.4) is 0 Å². The van der Waals surface area contributed by atoms with Crippen LogP contribution < -0.4 is 4.74 Å². The Morgan fingerprint density at radius 3 is 2.67 bits per heavy atom. The smallest absolute Gasteiger partial charge is 0.222 e. The molecule has 0 saturated carbocycles. The molecule has 0 aliphatic carbocycles. The first-order valence-electron chi connectivity index (χ1n) is 7.12. The molecule has 6 heteroatoms. The molecule has 1 aromatic rings. The lowest BCUT2D eigenvalue weighted by molar-refractivity contribution is -0.131. The molecule has 0 N–H and O–H groups in total. The van der Waals surface area contributed by atoms with Crippen LogP contribution in [0, 0.1) is 0 Å². The largest absolute Gasteiger partial charge is 0.494 e. The number of benzene rings is 1. The van der Waals surface area contributed by atoms with Crippen molar-refractivity contribution in [2.24, 2.45) is 0 Å². The molecule has 0 spiro atoms. The third-order valence-corrected chi connectivity index (χ3v) is 5.45. The van der Waals surface area contributed by atoms with Gasteiger partial charge in [-0.25, -0.2) is 8.42 Å². The number of rotatable bonds is 6. The third kappa shape index (κ3) is 4.74. The summed E-state index contributed by atoms with van der Waals surface area (Å²) in [5.41, 5.74) is 0. The number of carbonyl (C=O) groups is 1. The van der Waals surface area contributed by atoms with E-state index in [4.69, 9.17) is 4.74 Å². The van der Waals surface area contributed by atoms with Crippen LogP contribution in [0.1, 0.15) is 19.3 Å². The topological polar surface area (TPSA) is 63.7 Å². The van der Waals surface area contributed by atoms with E-state index in [0.29, 0.717) is 25.9 Å². The summed E-state index contributed by atoms with van der Waals surface area (Å²) in [6, 6.07) is 9.29. The van der Waals surface area contributed by atoms with E-state index < -0.39 is 9.84 Å². The predicted molar refractivity (Wildman–Crippen MR) is 81.0 cm³/mol. The molecule has 1 saturated heterocycles. The molecule has 1 fully saturated rings. The molecule has 1 aliphatic rings. The summed E-state index contributed by atoms with van der Waals surface area (Å²) in [4.78, 5) is 13.6. The quantitative estimate of drug-likeness (QED) is 0.747. The number of hydrogen-bond acceptors (Lipinski definition) is 4. The standard InChI is InChI=1S/C15H21NO4S/c1-16(13-9-11-21(18,19)12-13)15(17)8-5-10-20-14-6-3-2-4-7-14/h2-4,6-7,13H,5,8-12H2,1H3. The van der Waals surface area contributed by atoms with Crippen molar-refractivity contribution in [1.82, 2.24) is 4.90 Å². The van der Waals surface area contributed by atoms with Gasteiger partial charge in [0, 0.05) is 19.5 Å². The molecule has 1 aromatic carbocycles. The first-order chi connectivity index (χ1) is 9.98. The van der Waals surface area contributed by atoms with Crippen molar-refractivity contribution in [2.45, 2.75) is 25.3 Å². The van der Waals surface area contributed by atoms with E-state index in [2.05, 4.69) is 0 Å². The van der Waals surface area contributed by atoms with Crippen molar-refractivity contribution in [3.8, 4) is 5.75 Å². The highest BCUT2D eigenvalue weighted by Crippen LogP contribution is 2.17. The molecular weight excluding hydrogens is 290 g/mol. The van der Waals surface area contributed by atoms with Crippen molar-refractivity contribution in [1.29, 1.82) is 0 Å². The number of para-hydroxylation sites is 1. The zero-order chi connectivity index (χ0) is 15.3. The van der Waals surface area contributed by atoms with Gasteiger partial charge in [0.1, 0.15) is 5.75 Å². The van der Waals surface area contributed by atoms with E-state index in [-0.39, 0.29) is 23.5 Å². The van der Waals surface area contributed by atoms with Gasteiger partial charge < -0.3 is 9.64 Å². The van der Waals surface area contributed by atoms with Gasteiger partial charge in [0.05, 0.1) is 18.1 Å². The molecule has 21 heavy (non-hydrogen) atoms. The Hall–Kier alpha value is -1.56. The molecule has 5 nitrogen and oxygen atoms in total. The van der Waals surface area contributed by atoms with Gasteiger partial charge in [-0.2, -0.15) is 0 Å². The minimum atomic E-state index is -2.95. The van der Waals surface area contributed by atoms with Gasteiger partial charge in [-0.3, -0.25) is 4.79 Å². The number of amides is 1. The molecule has 1 atom stereocenters. The lowest BCUT2D eigenvalue weighted by atomic mass is 10.2. The Morgan fingerprint density at radius 2 is 2.05 bits per heavy atom. The second kappa shape index (κ2) is 6.93. The normalized spacial score (nSPS) is 20.1. The lowest BCUT2D eigenvalue weighted by Gasteiger charge is -2.23. The Balaban J connectivity index is 1.70. The lowest BCUT2D eigenvalue weighted by Crippen LogP contribution is -2.37. The van der Waals surface area contributed by atoms with E-state index in [1.165, 1.54) is 0 Å². The average molecular weight is 311 g/mol. The fourth-order valence-electron chi connectivity index (χ4n) is 2.39. The number of nitrogens with zero attached hydrogens (tertiary/aromatic N) is 1. The number of ether oxygens (including phenoxy) is 1. The van der Waals surface area contributed by atoms with Gasteiger partial charge in [0.15, 0.2) is 9.84 Å². The van der Waals surface area contributed by atoms with E-state index in [9.17, 15) is 13.2 Å². The predicted octanol–water partition coefficient (Wildman–Crippen LogP) is 1.49. The molecular formula is C15H21NO4S. The minimum Gasteiger partial charge on any atom is -0.494 e. The van der Waals surface area contributed by atoms with Crippen LogP contribution in [-0.2, 0) is 14.6 Å². The van der Waals surface area contributed by atoms with Crippen molar-refractivity contribution >= 4 is 15.7 Å². The maximum absolute atomic E-state index is 12.0. The molecule has 0 radical (unpaired) electrons. The second-order valence-electron chi connectivity index (χ2n) is 5.33.